The van der Waals surface area contributed by atoms with Gasteiger partial charge in [-0.2, -0.15) is 5.23 Å². The minimum Gasteiger partial charge on any atom is -0.595 e. The van der Waals surface area contributed by atoms with Crippen molar-refractivity contribution in [3.05, 3.63) is 40.9 Å². The molecule has 9 nitrogen and oxygen atoms in total. The Labute approximate surface area is 113 Å². The smallest absolute Gasteiger partial charge is 0.358 e. The summed E-state index contributed by atoms with van der Waals surface area (Å²) in [5.74, 6) is -1.20. The number of carbonyl (C=O) groups is 1. The van der Waals surface area contributed by atoms with Crippen molar-refractivity contribution < 1.29 is 25.1 Å². The number of hydrogen-bond donors (Lipinski definition) is 3. The predicted octanol–water partition coefficient (Wildman–Crippen LogP) is -0.485. The zero-order chi connectivity index (χ0) is 14.7. The Kier molecular flexibility index (Phi) is 4.05. The summed E-state index contributed by atoms with van der Waals surface area (Å²) in [6.45, 7) is 0.0231. The van der Waals surface area contributed by atoms with E-state index in [1.165, 1.54) is 36.1 Å². The van der Waals surface area contributed by atoms with Gasteiger partial charge in [-0.25, -0.2) is 14.7 Å². The van der Waals surface area contributed by atoms with Gasteiger partial charge in [0.15, 0.2) is 11.4 Å². The van der Waals surface area contributed by atoms with Crippen LogP contribution >= 0.6 is 0 Å². The predicted molar refractivity (Wildman–Crippen MR) is 64.8 cm³/mol. The normalized spacial score (nSPS) is 12.3. The lowest BCUT2D eigenvalue weighted by Gasteiger charge is -2.12. The molecule has 0 aliphatic carbocycles. The molecule has 0 radical (unpaired) electrons. The molecule has 0 bridgehead atoms. The number of ether oxygens (including phenoxy) is 1. The molecule has 1 aromatic heterocycles. The highest BCUT2D eigenvalue weighted by atomic mass is 16.8. The third-order valence-electron chi connectivity index (χ3n) is 2.61. The number of benzene rings is 1. The molecule has 1 aromatic carbocycles. The van der Waals surface area contributed by atoms with E-state index in [0.717, 1.165) is 0 Å². The summed E-state index contributed by atoms with van der Waals surface area (Å²) >= 11 is 0. The van der Waals surface area contributed by atoms with Crippen molar-refractivity contribution in [3.63, 3.8) is 0 Å². The molecule has 0 aliphatic heterocycles. The first-order valence-corrected chi connectivity index (χ1v) is 5.55. The monoisotopic (exact) mass is 280 g/mol. The van der Waals surface area contributed by atoms with E-state index in [2.05, 4.69) is 10.3 Å². The molecule has 2 aromatic rings. The van der Waals surface area contributed by atoms with Crippen LogP contribution in [0.25, 0.3) is 5.69 Å². The quantitative estimate of drug-likeness (QED) is 0.631. The number of nitrogens with zero attached hydrogens (tertiary/aromatic N) is 3. The molecule has 106 valence electrons. The molecule has 0 spiro atoms. The first-order valence-electron chi connectivity index (χ1n) is 5.55. The number of nitrogens with one attached hydrogen (secondary N) is 1. The third kappa shape index (κ3) is 2.65. The molecule has 0 aliphatic rings. The number of hydrogen-bond acceptors (Lipinski definition) is 6. The van der Waals surface area contributed by atoms with Gasteiger partial charge in [0.05, 0.1) is 12.3 Å². The Bertz CT molecular complexity index is 608. The average molecular weight is 280 g/mol. The zero-order valence-electron chi connectivity index (χ0n) is 10.5. The number of rotatable bonds is 5. The second-order valence-corrected chi connectivity index (χ2v) is 3.89. The fourth-order valence-electron chi connectivity index (χ4n) is 1.69. The van der Waals surface area contributed by atoms with Crippen LogP contribution in [0.3, 0.4) is 0 Å². The first kappa shape index (κ1) is 14.1. The van der Waals surface area contributed by atoms with Crippen molar-refractivity contribution in [1.82, 2.24) is 15.0 Å². The maximum atomic E-state index is 11.0. The molecule has 0 saturated carbocycles. The SMILES string of the molecule is COCc1c(C(=O)O)nnn1-c1ccc([NH+]([O-])O)cc1. The first-order chi connectivity index (χ1) is 9.54. The van der Waals surface area contributed by atoms with Crippen molar-refractivity contribution in [1.29, 1.82) is 0 Å². The van der Waals surface area contributed by atoms with Crippen LogP contribution in [0.2, 0.25) is 0 Å². The average Bonchev–Trinajstić information content (AvgIpc) is 2.83. The molecule has 9 heteroatoms. The lowest BCUT2D eigenvalue weighted by molar-refractivity contribution is -0.991. The van der Waals surface area contributed by atoms with Gasteiger partial charge < -0.3 is 15.1 Å². The maximum Gasteiger partial charge on any atom is 0.358 e. The summed E-state index contributed by atoms with van der Waals surface area (Å²) in [5, 5.41) is 34.9. The number of aromatic nitrogens is 3. The van der Waals surface area contributed by atoms with Crippen LogP contribution in [0.5, 0.6) is 0 Å². The molecule has 1 atom stereocenters. The number of carboxylic acids is 1. The Balaban J connectivity index is 2.43. The summed E-state index contributed by atoms with van der Waals surface area (Å²) in [7, 11) is 1.43. The molecule has 2 rings (SSSR count). The Morgan fingerprint density at radius 1 is 1.45 bits per heavy atom. The van der Waals surface area contributed by atoms with E-state index in [1.54, 1.807) is 0 Å². The van der Waals surface area contributed by atoms with E-state index in [9.17, 15) is 10.0 Å². The lowest BCUT2D eigenvalue weighted by Crippen LogP contribution is -2.99. The fraction of sp³-hybridized carbons (Fsp3) is 0.182. The highest BCUT2D eigenvalue weighted by molar-refractivity contribution is 5.86. The topological polar surface area (TPSA) is 125 Å². The Morgan fingerprint density at radius 3 is 2.60 bits per heavy atom. The summed E-state index contributed by atoms with van der Waals surface area (Å²) in [4.78, 5) is 11.0. The summed E-state index contributed by atoms with van der Waals surface area (Å²) in [6.07, 6.45) is 0. The highest BCUT2D eigenvalue weighted by Gasteiger charge is 2.19. The van der Waals surface area contributed by atoms with Crippen LogP contribution < -0.4 is 5.23 Å². The molecule has 3 N–H and O–H groups in total. The van der Waals surface area contributed by atoms with Crippen LogP contribution in [0, 0.1) is 5.21 Å². The Hall–Kier alpha value is -2.33. The second kappa shape index (κ2) is 5.75. The van der Waals surface area contributed by atoms with Crippen LogP contribution in [0.15, 0.2) is 24.3 Å². The van der Waals surface area contributed by atoms with E-state index < -0.39 is 11.2 Å². The van der Waals surface area contributed by atoms with Gasteiger partial charge >= 0.3 is 5.97 Å². The number of carboxylic acid groups (broad SMARTS) is 1. The number of methoxy groups -OCH3 is 1. The largest absolute Gasteiger partial charge is 0.595 e. The van der Waals surface area contributed by atoms with E-state index in [0.29, 0.717) is 5.69 Å². The van der Waals surface area contributed by atoms with E-state index >= 15 is 0 Å². The second-order valence-electron chi connectivity index (χ2n) is 3.89. The molecule has 20 heavy (non-hydrogen) atoms. The minimum atomic E-state index is -1.20. The molecular formula is C11H12N4O5. The van der Waals surface area contributed by atoms with Crippen LogP contribution in [-0.4, -0.2) is 38.4 Å². The molecule has 0 fully saturated rings. The van der Waals surface area contributed by atoms with Crippen molar-refractivity contribution in [2.45, 2.75) is 6.61 Å². The van der Waals surface area contributed by atoms with Crippen molar-refractivity contribution >= 4 is 11.7 Å². The summed E-state index contributed by atoms with van der Waals surface area (Å²) in [5.41, 5.74) is 0.708. The van der Waals surface area contributed by atoms with E-state index in [1.807, 2.05) is 0 Å². The molecular weight excluding hydrogens is 268 g/mol. The fourth-order valence-corrected chi connectivity index (χ4v) is 1.69. The van der Waals surface area contributed by atoms with Gasteiger partial charge in [0.2, 0.25) is 0 Å². The van der Waals surface area contributed by atoms with Gasteiger partial charge in [-0.15, -0.1) is 5.10 Å². The van der Waals surface area contributed by atoms with Gasteiger partial charge in [0, 0.05) is 19.2 Å². The summed E-state index contributed by atoms with van der Waals surface area (Å²) in [6, 6.07) is 5.83. The van der Waals surface area contributed by atoms with E-state index in [-0.39, 0.29) is 23.7 Å². The molecule has 1 heterocycles. The molecule has 1 unspecified atom stereocenters. The Morgan fingerprint density at radius 2 is 2.10 bits per heavy atom. The van der Waals surface area contributed by atoms with Crippen molar-refractivity contribution in [2.24, 2.45) is 0 Å². The summed E-state index contributed by atoms with van der Waals surface area (Å²) < 4.78 is 6.25. The zero-order valence-corrected chi connectivity index (χ0v) is 10.5. The standard InChI is InChI=1S/C11H12N4O5/c1-20-6-9-10(11(16)17)12-13-14(9)7-2-4-8(5-3-7)15(18)19/h2-5,15,18H,6H2,1H3,(H,16,17). The van der Waals surface area contributed by atoms with Gasteiger partial charge in [0.25, 0.3) is 0 Å². The van der Waals surface area contributed by atoms with Gasteiger partial charge in [-0.1, -0.05) is 5.21 Å². The minimum absolute atomic E-state index is 0.0231. The highest BCUT2D eigenvalue weighted by Crippen LogP contribution is 2.15. The van der Waals surface area contributed by atoms with Crippen molar-refractivity contribution in [3.8, 4) is 5.69 Å². The maximum absolute atomic E-state index is 11.0. The van der Waals surface area contributed by atoms with Gasteiger partial charge in [-0.05, 0) is 12.1 Å². The number of aromatic carboxylic acids is 1. The van der Waals surface area contributed by atoms with Crippen LogP contribution in [-0.2, 0) is 11.3 Å². The van der Waals surface area contributed by atoms with Crippen LogP contribution in [0.4, 0.5) is 5.69 Å². The lowest BCUT2D eigenvalue weighted by atomic mass is 10.2. The van der Waals surface area contributed by atoms with Gasteiger partial charge in [-0.3, -0.25) is 0 Å². The molecule has 0 amide bonds. The van der Waals surface area contributed by atoms with Crippen LogP contribution in [0.1, 0.15) is 16.2 Å². The molecule has 0 saturated heterocycles. The van der Waals surface area contributed by atoms with Gasteiger partial charge in [0.1, 0.15) is 5.69 Å². The number of quaternary nitrogens is 1. The third-order valence-corrected chi connectivity index (χ3v) is 2.61. The van der Waals surface area contributed by atoms with Crippen molar-refractivity contribution in [2.75, 3.05) is 7.11 Å². The van der Waals surface area contributed by atoms with E-state index in [4.69, 9.17) is 15.1 Å².